The third-order valence-electron chi connectivity index (χ3n) is 4.58. The molecule has 2 aromatic heterocycles. The molecule has 2 aliphatic rings. The molecular weight excluding hydrogens is 292 g/mol. The van der Waals surface area contributed by atoms with Gasteiger partial charge < -0.3 is 20.3 Å². The molecule has 2 fully saturated rings. The lowest BCUT2D eigenvalue weighted by molar-refractivity contribution is 0.166. The number of aliphatic hydroxyl groups excluding tert-OH is 1. The summed E-state index contributed by atoms with van der Waals surface area (Å²) in [5.41, 5.74) is 0. The first-order valence-corrected chi connectivity index (χ1v) is 8.25. The minimum absolute atomic E-state index is 0.0344. The molecule has 0 radical (unpaired) electrons. The number of aliphatic hydroxyl groups is 1. The Hall–Kier alpha value is -2.15. The highest BCUT2D eigenvalue weighted by Crippen LogP contribution is 2.30. The molecule has 2 saturated carbocycles. The van der Waals surface area contributed by atoms with E-state index < -0.39 is 0 Å². The van der Waals surface area contributed by atoms with Crippen LogP contribution in [0.25, 0.3) is 0 Å². The van der Waals surface area contributed by atoms with E-state index in [2.05, 4.69) is 30.2 Å². The molecule has 23 heavy (non-hydrogen) atoms. The van der Waals surface area contributed by atoms with Crippen LogP contribution in [0.15, 0.2) is 31.1 Å². The minimum Gasteiger partial charge on any atom is -0.391 e. The summed E-state index contributed by atoms with van der Waals surface area (Å²) < 4.78 is 2.07. The molecule has 0 aliphatic heterocycles. The lowest BCUT2D eigenvalue weighted by Crippen LogP contribution is -2.28. The molecule has 122 valence electrons. The van der Waals surface area contributed by atoms with Crippen molar-refractivity contribution in [3.63, 3.8) is 0 Å². The van der Waals surface area contributed by atoms with Gasteiger partial charge in [-0.2, -0.15) is 0 Å². The van der Waals surface area contributed by atoms with Gasteiger partial charge >= 0.3 is 0 Å². The molecule has 0 spiro atoms. The third-order valence-corrected chi connectivity index (χ3v) is 4.58. The smallest absolute Gasteiger partial charge is 0.131 e. The predicted octanol–water partition coefficient (Wildman–Crippen LogP) is 1.50. The highest BCUT2D eigenvalue weighted by molar-refractivity contribution is 5.48. The van der Waals surface area contributed by atoms with Crippen LogP contribution in [0.5, 0.6) is 0 Å². The van der Waals surface area contributed by atoms with Crippen molar-refractivity contribution in [3.05, 3.63) is 31.1 Å². The number of anilines is 2. The van der Waals surface area contributed by atoms with E-state index in [4.69, 9.17) is 0 Å². The Labute approximate surface area is 135 Å². The number of rotatable bonds is 6. The van der Waals surface area contributed by atoms with Crippen molar-refractivity contribution >= 4 is 11.6 Å². The summed E-state index contributed by atoms with van der Waals surface area (Å²) in [6.45, 7) is 0.896. The van der Waals surface area contributed by atoms with Gasteiger partial charge in [-0.25, -0.2) is 15.0 Å². The molecule has 7 heteroatoms. The molecule has 0 aromatic carbocycles. The molecule has 3 N–H and O–H groups in total. The number of nitrogens with zero attached hydrogens (tertiary/aromatic N) is 4. The Morgan fingerprint density at radius 2 is 2.00 bits per heavy atom. The summed E-state index contributed by atoms with van der Waals surface area (Å²) in [5.74, 6) is 2.07. The standard InChI is InChI=1S/C16H22N6O/c23-14-6-11(8-22-4-3-17-10-22)5-13(14)21-16-7-15(18-9-19-16)20-12-1-2-12/h3-4,7,9-14,23H,1-2,5-6,8H2,(H2,18,19,20,21)/t11?,13-,14-/m1/s1. The number of hydrogen-bond donors (Lipinski definition) is 3. The number of aromatic nitrogens is 4. The molecule has 7 nitrogen and oxygen atoms in total. The van der Waals surface area contributed by atoms with Gasteiger partial charge in [-0.3, -0.25) is 0 Å². The Morgan fingerprint density at radius 3 is 2.74 bits per heavy atom. The van der Waals surface area contributed by atoms with E-state index in [1.165, 1.54) is 12.8 Å². The topological polar surface area (TPSA) is 87.9 Å². The van der Waals surface area contributed by atoms with E-state index in [1.54, 1.807) is 12.5 Å². The van der Waals surface area contributed by atoms with E-state index in [0.29, 0.717) is 12.0 Å². The lowest BCUT2D eigenvalue weighted by Gasteiger charge is -2.17. The van der Waals surface area contributed by atoms with Crippen LogP contribution in [-0.2, 0) is 6.54 Å². The molecule has 2 heterocycles. The minimum atomic E-state index is -0.349. The molecular formula is C16H22N6O. The van der Waals surface area contributed by atoms with Crippen molar-refractivity contribution in [3.8, 4) is 0 Å². The number of imidazole rings is 1. The first-order chi connectivity index (χ1) is 11.3. The third kappa shape index (κ3) is 3.61. The van der Waals surface area contributed by atoms with Crippen LogP contribution in [-0.4, -0.2) is 42.8 Å². The van der Waals surface area contributed by atoms with Gasteiger partial charge in [-0.05, 0) is 31.6 Å². The van der Waals surface area contributed by atoms with Gasteiger partial charge in [-0.15, -0.1) is 0 Å². The Morgan fingerprint density at radius 1 is 1.17 bits per heavy atom. The van der Waals surface area contributed by atoms with Crippen LogP contribution in [0.1, 0.15) is 25.7 Å². The van der Waals surface area contributed by atoms with Crippen LogP contribution in [0.4, 0.5) is 11.6 Å². The fourth-order valence-electron chi connectivity index (χ4n) is 3.26. The molecule has 0 bridgehead atoms. The molecule has 0 saturated heterocycles. The second-order valence-corrected chi connectivity index (χ2v) is 6.62. The van der Waals surface area contributed by atoms with Crippen LogP contribution < -0.4 is 10.6 Å². The van der Waals surface area contributed by atoms with Gasteiger partial charge in [0.05, 0.1) is 18.5 Å². The molecule has 2 aromatic rings. The predicted molar refractivity (Wildman–Crippen MR) is 87.0 cm³/mol. The van der Waals surface area contributed by atoms with Gasteiger partial charge in [0, 0.05) is 31.0 Å². The molecule has 2 aliphatic carbocycles. The largest absolute Gasteiger partial charge is 0.391 e. The van der Waals surface area contributed by atoms with Gasteiger partial charge in [0.15, 0.2) is 0 Å². The van der Waals surface area contributed by atoms with Crippen molar-refractivity contribution in [1.29, 1.82) is 0 Å². The fraction of sp³-hybridized carbons (Fsp3) is 0.562. The van der Waals surface area contributed by atoms with E-state index in [-0.39, 0.29) is 12.1 Å². The van der Waals surface area contributed by atoms with Crippen LogP contribution >= 0.6 is 0 Å². The number of hydrogen-bond acceptors (Lipinski definition) is 6. The summed E-state index contributed by atoms with van der Waals surface area (Å²) in [7, 11) is 0. The van der Waals surface area contributed by atoms with Crippen LogP contribution in [0, 0.1) is 5.92 Å². The van der Waals surface area contributed by atoms with Crippen LogP contribution in [0.2, 0.25) is 0 Å². The maximum absolute atomic E-state index is 10.3. The maximum Gasteiger partial charge on any atom is 0.131 e. The summed E-state index contributed by atoms with van der Waals surface area (Å²) in [4.78, 5) is 12.6. The van der Waals surface area contributed by atoms with Gasteiger partial charge in [0.2, 0.25) is 0 Å². The highest BCUT2D eigenvalue weighted by Gasteiger charge is 2.33. The van der Waals surface area contributed by atoms with Crippen LogP contribution in [0.3, 0.4) is 0 Å². The van der Waals surface area contributed by atoms with Gasteiger partial charge in [-0.1, -0.05) is 0 Å². The van der Waals surface area contributed by atoms with E-state index in [9.17, 15) is 5.11 Å². The van der Waals surface area contributed by atoms with Crippen molar-refractivity contribution in [2.24, 2.45) is 5.92 Å². The molecule has 3 atom stereocenters. The van der Waals surface area contributed by atoms with E-state index in [1.807, 2.05) is 18.6 Å². The molecule has 4 rings (SSSR count). The Bertz CT molecular complexity index is 642. The normalized spacial score (nSPS) is 27.1. The van der Waals surface area contributed by atoms with E-state index >= 15 is 0 Å². The number of nitrogens with one attached hydrogen (secondary N) is 2. The maximum atomic E-state index is 10.3. The molecule has 1 unspecified atom stereocenters. The first kappa shape index (κ1) is 14.4. The van der Waals surface area contributed by atoms with Crippen molar-refractivity contribution in [1.82, 2.24) is 19.5 Å². The van der Waals surface area contributed by atoms with Crippen molar-refractivity contribution in [2.45, 2.75) is 50.4 Å². The van der Waals surface area contributed by atoms with Crippen molar-refractivity contribution < 1.29 is 5.11 Å². The zero-order valence-corrected chi connectivity index (χ0v) is 13.0. The highest BCUT2D eigenvalue weighted by atomic mass is 16.3. The average Bonchev–Trinajstić information content (AvgIpc) is 3.07. The first-order valence-electron chi connectivity index (χ1n) is 8.25. The summed E-state index contributed by atoms with van der Waals surface area (Å²) in [6.07, 6.45) is 10.9. The van der Waals surface area contributed by atoms with Gasteiger partial charge in [0.1, 0.15) is 18.0 Å². The average molecular weight is 314 g/mol. The fourth-order valence-corrected chi connectivity index (χ4v) is 3.26. The zero-order chi connectivity index (χ0) is 15.6. The second kappa shape index (κ2) is 6.16. The summed E-state index contributed by atoms with van der Waals surface area (Å²) in [6, 6.07) is 2.52. The molecule has 0 amide bonds. The Kier molecular flexibility index (Phi) is 3.87. The SMILES string of the molecule is O[C@@H]1CC(Cn2ccnc2)C[C@H]1Nc1cc(NC2CC2)ncn1. The van der Waals surface area contributed by atoms with Crippen molar-refractivity contribution in [2.75, 3.05) is 10.6 Å². The quantitative estimate of drug-likeness (QED) is 0.749. The van der Waals surface area contributed by atoms with E-state index in [0.717, 1.165) is 31.0 Å². The second-order valence-electron chi connectivity index (χ2n) is 6.62. The monoisotopic (exact) mass is 314 g/mol. The zero-order valence-electron chi connectivity index (χ0n) is 13.0. The summed E-state index contributed by atoms with van der Waals surface area (Å²) >= 11 is 0. The Balaban J connectivity index is 1.36. The van der Waals surface area contributed by atoms with Gasteiger partial charge in [0.25, 0.3) is 0 Å². The summed E-state index contributed by atoms with van der Waals surface area (Å²) in [5, 5.41) is 17.1. The lowest BCUT2D eigenvalue weighted by atomic mass is 10.1.